The summed E-state index contributed by atoms with van der Waals surface area (Å²) in [4.78, 5) is 12.4. The largest absolute Gasteiger partial charge is 0.349 e. The lowest BCUT2D eigenvalue weighted by atomic mass is 10.1. The van der Waals surface area contributed by atoms with Gasteiger partial charge in [-0.1, -0.05) is 69.7 Å². The van der Waals surface area contributed by atoms with Gasteiger partial charge >= 0.3 is 0 Å². The van der Waals surface area contributed by atoms with Gasteiger partial charge in [0.1, 0.15) is 0 Å². The first-order valence-electron chi connectivity index (χ1n) is 9.16. The molecule has 28 heavy (non-hydrogen) atoms. The predicted octanol–water partition coefficient (Wildman–Crippen LogP) is 5.01. The Morgan fingerprint density at radius 3 is 2.71 bits per heavy atom. The first kappa shape index (κ1) is 20.6. The van der Waals surface area contributed by atoms with Crippen LogP contribution in [0.3, 0.4) is 0 Å². The minimum Gasteiger partial charge on any atom is -0.349 e. The molecule has 2 aromatic carbocycles. The van der Waals surface area contributed by atoms with Gasteiger partial charge in [0.15, 0.2) is 11.0 Å². The molecule has 3 rings (SSSR count). The van der Waals surface area contributed by atoms with Crippen LogP contribution < -0.4 is 5.32 Å². The van der Waals surface area contributed by atoms with E-state index in [9.17, 15) is 4.79 Å². The molecule has 1 amide bonds. The SMILES string of the molecule is CCn1c(SCC(=O)NC(C)c2ccccc2Br)nnc1-c1cccc(C)c1. The Labute approximate surface area is 178 Å². The number of aryl methyl sites for hydroxylation is 1. The van der Waals surface area contributed by atoms with Crippen LogP contribution in [0.15, 0.2) is 58.2 Å². The van der Waals surface area contributed by atoms with Crippen LogP contribution in [-0.4, -0.2) is 26.4 Å². The Balaban J connectivity index is 1.66. The first-order chi connectivity index (χ1) is 13.5. The number of carbonyl (C=O) groups excluding carboxylic acids is 1. The second-order valence-electron chi connectivity index (χ2n) is 6.52. The van der Waals surface area contributed by atoms with E-state index in [1.54, 1.807) is 0 Å². The van der Waals surface area contributed by atoms with Crippen molar-refractivity contribution in [2.75, 3.05) is 5.75 Å². The maximum absolute atomic E-state index is 12.4. The van der Waals surface area contributed by atoms with Crippen LogP contribution in [0.25, 0.3) is 11.4 Å². The van der Waals surface area contributed by atoms with E-state index in [2.05, 4.69) is 57.4 Å². The smallest absolute Gasteiger partial charge is 0.230 e. The van der Waals surface area contributed by atoms with Crippen molar-refractivity contribution in [1.29, 1.82) is 0 Å². The van der Waals surface area contributed by atoms with Gasteiger partial charge in [0, 0.05) is 16.6 Å². The zero-order valence-electron chi connectivity index (χ0n) is 16.1. The molecule has 0 radical (unpaired) electrons. The van der Waals surface area contributed by atoms with Crippen LogP contribution in [0.5, 0.6) is 0 Å². The van der Waals surface area contributed by atoms with Gasteiger partial charge in [0.05, 0.1) is 11.8 Å². The van der Waals surface area contributed by atoms with Gasteiger partial charge in [-0.25, -0.2) is 0 Å². The van der Waals surface area contributed by atoms with Gasteiger partial charge in [-0.2, -0.15) is 0 Å². The highest BCUT2D eigenvalue weighted by Gasteiger charge is 2.16. The molecule has 3 aromatic rings. The van der Waals surface area contributed by atoms with Crippen LogP contribution in [0.2, 0.25) is 0 Å². The number of carbonyl (C=O) groups is 1. The number of rotatable bonds is 7. The van der Waals surface area contributed by atoms with E-state index in [-0.39, 0.29) is 11.9 Å². The van der Waals surface area contributed by atoms with E-state index in [0.717, 1.165) is 33.1 Å². The molecule has 5 nitrogen and oxygen atoms in total. The highest BCUT2D eigenvalue weighted by Crippen LogP contribution is 2.25. The number of nitrogens with one attached hydrogen (secondary N) is 1. The van der Waals surface area contributed by atoms with Gasteiger partial charge in [-0.05, 0) is 38.5 Å². The number of hydrogen-bond acceptors (Lipinski definition) is 4. The van der Waals surface area contributed by atoms with Gasteiger partial charge in [-0.3, -0.25) is 4.79 Å². The van der Waals surface area contributed by atoms with E-state index in [1.807, 2.05) is 47.9 Å². The second-order valence-corrected chi connectivity index (χ2v) is 8.32. The second kappa shape index (κ2) is 9.39. The van der Waals surface area contributed by atoms with Crippen molar-refractivity contribution in [2.24, 2.45) is 0 Å². The molecular formula is C21H23BrN4OS. The lowest BCUT2D eigenvalue weighted by molar-refractivity contribution is -0.119. The molecule has 0 aliphatic carbocycles. The Bertz CT molecular complexity index is 973. The van der Waals surface area contributed by atoms with E-state index in [1.165, 1.54) is 17.3 Å². The van der Waals surface area contributed by atoms with Crippen LogP contribution in [-0.2, 0) is 11.3 Å². The summed E-state index contributed by atoms with van der Waals surface area (Å²) in [6.07, 6.45) is 0. The summed E-state index contributed by atoms with van der Waals surface area (Å²) in [6, 6.07) is 16.0. The lowest BCUT2D eigenvalue weighted by Gasteiger charge is -2.15. The summed E-state index contributed by atoms with van der Waals surface area (Å²) < 4.78 is 3.04. The number of aromatic nitrogens is 3. The fourth-order valence-electron chi connectivity index (χ4n) is 3.00. The lowest BCUT2D eigenvalue weighted by Crippen LogP contribution is -2.28. The molecule has 0 spiro atoms. The highest BCUT2D eigenvalue weighted by molar-refractivity contribution is 9.10. The van der Waals surface area contributed by atoms with Crippen LogP contribution in [0, 0.1) is 6.92 Å². The van der Waals surface area contributed by atoms with E-state index < -0.39 is 0 Å². The molecule has 7 heteroatoms. The molecule has 0 saturated carbocycles. The van der Waals surface area contributed by atoms with Crippen molar-refractivity contribution < 1.29 is 4.79 Å². The molecule has 1 N–H and O–H groups in total. The van der Waals surface area contributed by atoms with Crippen LogP contribution in [0.1, 0.15) is 31.0 Å². The Morgan fingerprint density at radius 1 is 1.21 bits per heavy atom. The fraction of sp³-hybridized carbons (Fsp3) is 0.286. The monoisotopic (exact) mass is 458 g/mol. The highest BCUT2D eigenvalue weighted by atomic mass is 79.9. The van der Waals surface area contributed by atoms with Crippen LogP contribution >= 0.6 is 27.7 Å². The molecule has 1 heterocycles. The minimum absolute atomic E-state index is 0.0315. The Morgan fingerprint density at radius 2 is 2.00 bits per heavy atom. The third kappa shape index (κ3) is 4.83. The summed E-state index contributed by atoms with van der Waals surface area (Å²) in [7, 11) is 0. The molecule has 0 aliphatic rings. The summed E-state index contributed by atoms with van der Waals surface area (Å²) in [5.41, 5.74) is 3.27. The molecule has 0 saturated heterocycles. The number of amides is 1. The molecule has 0 bridgehead atoms. The summed E-state index contributed by atoms with van der Waals surface area (Å²) >= 11 is 4.94. The Kier molecular flexibility index (Phi) is 6.91. The normalized spacial score (nSPS) is 12.0. The van der Waals surface area contributed by atoms with Crippen molar-refractivity contribution in [2.45, 2.75) is 38.5 Å². The molecule has 0 fully saturated rings. The molecule has 0 aliphatic heterocycles. The maximum Gasteiger partial charge on any atom is 0.230 e. The number of hydrogen-bond donors (Lipinski definition) is 1. The van der Waals surface area contributed by atoms with E-state index >= 15 is 0 Å². The average Bonchev–Trinajstić information content (AvgIpc) is 3.09. The van der Waals surface area contributed by atoms with Crippen molar-refractivity contribution in [1.82, 2.24) is 20.1 Å². The summed E-state index contributed by atoms with van der Waals surface area (Å²) in [6.45, 7) is 6.84. The third-order valence-electron chi connectivity index (χ3n) is 4.39. The quantitative estimate of drug-likeness (QED) is 0.505. The van der Waals surface area contributed by atoms with Crippen molar-refractivity contribution in [3.8, 4) is 11.4 Å². The van der Waals surface area contributed by atoms with Crippen LogP contribution in [0.4, 0.5) is 0 Å². The first-order valence-corrected chi connectivity index (χ1v) is 10.9. The topological polar surface area (TPSA) is 59.8 Å². The van der Waals surface area contributed by atoms with Gasteiger partial charge in [0.25, 0.3) is 0 Å². The van der Waals surface area contributed by atoms with Gasteiger partial charge in [-0.15, -0.1) is 10.2 Å². The van der Waals surface area contributed by atoms with Crippen molar-refractivity contribution in [3.63, 3.8) is 0 Å². The van der Waals surface area contributed by atoms with Gasteiger partial charge < -0.3 is 9.88 Å². The van der Waals surface area contributed by atoms with E-state index in [0.29, 0.717) is 5.75 Å². The zero-order valence-corrected chi connectivity index (χ0v) is 18.5. The van der Waals surface area contributed by atoms with E-state index in [4.69, 9.17) is 0 Å². The average molecular weight is 459 g/mol. The molecule has 1 atom stereocenters. The predicted molar refractivity (Wildman–Crippen MR) is 117 cm³/mol. The Hall–Kier alpha value is -2.12. The summed E-state index contributed by atoms with van der Waals surface area (Å²) in [5, 5.41) is 12.5. The van der Waals surface area contributed by atoms with Gasteiger partial charge in [0.2, 0.25) is 5.91 Å². The molecule has 146 valence electrons. The number of thioether (sulfide) groups is 1. The number of benzene rings is 2. The number of halogens is 1. The maximum atomic E-state index is 12.4. The van der Waals surface area contributed by atoms with Crippen molar-refractivity contribution >= 4 is 33.6 Å². The summed E-state index contributed by atoms with van der Waals surface area (Å²) in [5.74, 6) is 1.09. The number of nitrogens with zero attached hydrogens (tertiary/aromatic N) is 3. The standard InChI is InChI=1S/C21H23BrN4OS/c1-4-26-20(16-9-7-8-14(2)12-16)24-25-21(26)28-13-19(27)23-15(3)17-10-5-6-11-18(17)22/h5-12,15H,4,13H2,1-3H3,(H,23,27). The molecular weight excluding hydrogens is 436 g/mol. The minimum atomic E-state index is -0.0735. The molecule has 1 aromatic heterocycles. The third-order valence-corrected chi connectivity index (χ3v) is 6.08. The molecule has 1 unspecified atom stereocenters. The van der Waals surface area contributed by atoms with Crippen molar-refractivity contribution in [3.05, 3.63) is 64.1 Å². The fourth-order valence-corrected chi connectivity index (χ4v) is 4.44. The zero-order chi connectivity index (χ0) is 20.1.